The summed E-state index contributed by atoms with van der Waals surface area (Å²) >= 11 is 0. The minimum absolute atomic E-state index is 0.225. The Kier molecular flexibility index (Phi) is 6.60. The molecule has 1 amide bonds. The van der Waals surface area contributed by atoms with E-state index in [4.69, 9.17) is 5.73 Å². The molecular formula is C19H32N4O. The van der Waals surface area contributed by atoms with E-state index in [0.717, 1.165) is 45.6 Å². The average Bonchev–Trinajstić information content (AvgIpc) is 2.50. The number of amides is 1. The molecule has 1 fully saturated rings. The molecular weight excluding hydrogens is 300 g/mol. The summed E-state index contributed by atoms with van der Waals surface area (Å²) in [6.07, 6.45) is 9.90. The van der Waals surface area contributed by atoms with Gasteiger partial charge in [0, 0.05) is 45.4 Å². The number of aliphatic imine (C=N–C) groups is 1. The summed E-state index contributed by atoms with van der Waals surface area (Å²) in [5, 5.41) is 0. The Morgan fingerprint density at radius 3 is 2.75 bits per heavy atom. The van der Waals surface area contributed by atoms with Crippen LogP contribution in [0, 0.1) is 5.41 Å². The first-order valence-corrected chi connectivity index (χ1v) is 8.95. The quantitative estimate of drug-likeness (QED) is 0.599. The lowest BCUT2D eigenvalue weighted by atomic mass is 9.90. The number of likely N-dealkylation sites (tertiary alicyclic amines) is 1. The molecule has 0 spiro atoms. The molecule has 2 N–H and O–H groups in total. The van der Waals surface area contributed by atoms with Crippen molar-refractivity contribution in [3.63, 3.8) is 0 Å². The van der Waals surface area contributed by atoms with Crippen LogP contribution in [0.3, 0.4) is 0 Å². The average molecular weight is 332 g/mol. The molecule has 0 atom stereocenters. The van der Waals surface area contributed by atoms with E-state index in [1.807, 2.05) is 4.90 Å². The second-order valence-corrected chi connectivity index (χ2v) is 8.04. The van der Waals surface area contributed by atoms with Gasteiger partial charge in [0.2, 0.25) is 5.91 Å². The molecule has 0 aromatic heterocycles. The highest BCUT2D eigenvalue weighted by molar-refractivity contribution is 5.76. The fourth-order valence-corrected chi connectivity index (χ4v) is 3.00. The fraction of sp³-hybridized carbons (Fsp3) is 0.684. The van der Waals surface area contributed by atoms with Gasteiger partial charge in [-0.2, -0.15) is 0 Å². The predicted molar refractivity (Wildman–Crippen MR) is 100 cm³/mol. The van der Waals surface area contributed by atoms with Crippen LogP contribution in [0.25, 0.3) is 0 Å². The monoisotopic (exact) mass is 332 g/mol. The SMILES string of the molecule is CC(C)(C)CCC(=O)N1CC=C(CN2CC(N=CC=CN)C2)CC1. The van der Waals surface area contributed by atoms with E-state index in [-0.39, 0.29) is 5.41 Å². The van der Waals surface area contributed by atoms with Crippen LogP contribution in [-0.4, -0.2) is 60.7 Å². The second-order valence-electron chi connectivity index (χ2n) is 8.04. The molecule has 0 aromatic rings. The molecule has 24 heavy (non-hydrogen) atoms. The number of nitrogens with zero attached hydrogens (tertiary/aromatic N) is 3. The summed E-state index contributed by atoms with van der Waals surface area (Å²) in [5.41, 5.74) is 6.96. The van der Waals surface area contributed by atoms with Crippen LogP contribution >= 0.6 is 0 Å². The summed E-state index contributed by atoms with van der Waals surface area (Å²) in [6, 6.07) is 0.404. The molecule has 2 aliphatic rings. The van der Waals surface area contributed by atoms with E-state index >= 15 is 0 Å². The molecule has 1 saturated heterocycles. The van der Waals surface area contributed by atoms with Crippen LogP contribution < -0.4 is 5.73 Å². The van der Waals surface area contributed by atoms with Crippen molar-refractivity contribution in [3.05, 3.63) is 23.9 Å². The van der Waals surface area contributed by atoms with E-state index in [1.165, 1.54) is 11.8 Å². The first kappa shape index (κ1) is 18.7. The maximum atomic E-state index is 12.3. The van der Waals surface area contributed by atoms with Gasteiger partial charge in [0.1, 0.15) is 0 Å². The Labute approximate surface area is 146 Å². The lowest BCUT2D eigenvalue weighted by molar-refractivity contribution is -0.131. The van der Waals surface area contributed by atoms with E-state index in [1.54, 1.807) is 12.3 Å². The Balaban J connectivity index is 1.68. The van der Waals surface area contributed by atoms with Gasteiger partial charge in [-0.1, -0.05) is 32.4 Å². The third-order valence-corrected chi connectivity index (χ3v) is 4.60. The largest absolute Gasteiger partial charge is 0.405 e. The van der Waals surface area contributed by atoms with Crippen molar-refractivity contribution in [1.82, 2.24) is 9.80 Å². The molecule has 0 unspecified atom stereocenters. The Morgan fingerprint density at radius 1 is 1.42 bits per heavy atom. The minimum Gasteiger partial charge on any atom is -0.405 e. The molecule has 5 heteroatoms. The highest BCUT2D eigenvalue weighted by atomic mass is 16.2. The molecule has 0 saturated carbocycles. The van der Waals surface area contributed by atoms with Gasteiger partial charge in [0.25, 0.3) is 0 Å². The predicted octanol–water partition coefficient (Wildman–Crippen LogP) is 2.20. The smallest absolute Gasteiger partial charge is 0.222 e. The van der Waals surface area contributed by atoms with Crippen LogP contribution in [-0.2, 0) is 4.79 Å². The van der Waals surface area contributed by atoms with Gasteiger partial charge >= 0.3 is 0 Å². The Morgan fingerprint density at radius 2 is 2.17 bits per heavy atom. The highest BCUT2D eigenvalue weighted by Gasteiger charge is 2.27. The first-order valence-electron chi connectivity index (χ1n) is 8.95. The Hall–Kier alpha value is -1.62. The lowest BCUT2D eigenvalue weighted by Gasteiger charge is -2.38. The van der Waals surface area contributed by atoms with Crippen molar-refractivity contribution in [1.29, 1.82) is 0 Å². The van der Waals surface area contributed by atoms with Crippen molar-refractivity contribution < 1.29 is 4.79 Å². The molecule has 2 rings (SSSR count). The topological polar surface area (TPSA) is 61.9 Å². The minimum atomic E-state index is 0.225. The number of hydrogen-bond acceptors (Lipinski definition) is 4. The van der Waals surface area contributed by atoms with E-state index in [2.05, 4.69) is 36.7 Å². The number of allylic oxidation sites excluding steroid dienone is 1. The maximum absolute atomic E-state index is 12.3. The van der Waals surface area contributed by atoms with Crippen molar-refractivity contribution in [2.75, 3.05) is 32.7 Å². The van der Waals surface area contributed by atoms with Gasteiger partial charge < -0.3 is 10.6 Å². The lowest BCUT2D eigenvalue weighted by Crippen LogP contribution is -2.50. The summed E-state index contributed by atoms with van der Waals surface area (Å²) in [7, 11) is 0. The first-order chi connectivity index (χ1) is 11.4. The van der Waals surface area contributed by atoms with Gasteiger partial charge in [0.05, 0.1) is 6.04 Å². The molecule has 0 aliphatic carbocycles. The second kappa shape index (κ2) is 8.47. The third-order valence-electron chi connectivity index (χ3n) is 4.60. The van der Waals surface area contributed by atoms with E-state index in [0.29, 0.717) is 18.4 Å². The summed E-state index contributed by atoms with van der Waals surface area (Å²) < 4.78 is 0. The summed E-state index contributed by atoms with van der Waals surface area (Å²) in [5.74, 6) is 0.298. The molecule has 134 valence electrons. The van der Waals surface area contributed by atoms with Crippen LogP contribution in [0.5, 0.6) is 0 Å². The maximum Gasteiger partial charge on any atom is 0.222 e. The van der Waals surface area contributed by atoms with Crippen molar-refractivity contribution in [2.45, 2.75) is 46.1 Å². The molecule has 5 nitrogen and oxygen atoms in total. The molecule has 0 bridgehead atoms. The summed E-state index contributed by atoms with van der Waals surface area (Å²) in [4.78, 5) is 21.1. The standard InChI is InChI=1S/C19H32N4O/c1-19(2,3)8-5-18(24)23-11-6-16(7-12-23)13-22-14-17(15-22)21-10-4-9-20/h4,6,9-10,17H,5,7-8,11-15,20H2,1-3H3. The van der Waals surface area contributed by atoms with Gasteiger partial charge in [-0.15, -0.1) is 0 Å². The third kappa shape index (κ3) is 6.11. The Bertz CT molecular complexity index is 510. The zero-order chi connectivity index (χ0) is 17.6. The van der Waals surface area contributed by atoms with Gasteiger partial charge in [-0.05, 0) is 30.5 Å². The number of rotatable bonds is 6. The highest BCUT2D eigenvalue weighted by Crippen LogP contribution is 2.22. The molecule has 0 aromatic carbocycles. The van der Waals surface area contributed by atoms with Gasteiger partial charge in [-0.25, -0.2) is 0 Å². The number of carbonyl (C=O) groups excluding carboxylic acids is 1. The number of carbonyl (C=O) groups is 1. The normalized spacial score (nSPS) is 20.6. The van der Waals surface area contributed by atoms with Crippen LogP contribution in [0.2, 0.25) is 0 Å². The molecule has 2 aliphatic heterocycles. The zero-order valence-corrected chi connectivity index (χ0v) is 15.4. The van der Waals surface area contributed by atoms with Crippen molar-refractivity contribution >= 4 is 12.1 Å². The van der Waals surface area contributed by atoms with Crippen LogP contribution in [0.4, 0.5) is 0 Å². The van der Waals surface area contributed by atoms with Crippen molar-refractivity contribution in [3.8, 4) is 0 Å². The van der Waals surface area contributed by atoms with Gasteiger partial charge in [0.15, 0.2) is 0 Å². The summed E-state index contributed by atoms with van der Waals surface area (Å²) in [6.45, 7) is 11.2. The van der Waals surface area contributed by atoms with Crippen molar-refractivity contribution in [2.24, 2.45) is 16.1 Å². The number of hydrogen-bond donors (Lipinski definition) is 1. The van der Waals surface area contributed by atoms with E-state index < -0.39 is 0 Å². The van der Waals surface area contributed by atoms with Crippen LogP contribution in [0.1, 0.15) is 40.0 Å². The van der Waals surface area contributed by atoms with Gasteiger partial charge in [-0.3, -0.25) is 14.7 Å². The molecule has 0 radical (unpaired) electrons. The van der Waals surface area contributed by atoms with E-state index in [9.17, 15) is 4.79 Å². The number of nitrogens with two attached hydrogens (primary N) is 1. The fourth-order valence-electron chi connectivity index (χ4n) is 3.00. The zero-order valence-electron chi connectivity index (χ0n) is 15.4. The van der Waals surface area contributed by atoms with Crippen LogP contribution in [0.15, 0.2) is 28.9 Å². The molecule has 2 heterocycles.